The van der Waals surface area contributed by atoms with Gasteiger partial charge >= 0.3 is 0 Å². The van der Waals surface area contributed by atoms with E-state index in [9.17, 15) is 0 Å². The Morgan fingerprint density at radius 1 is 0.432 bits per heavy atom. The molecule has 8 rings (SSSR count). The molecule has 2 nitrogen and oxygen atoms in total. The lowest BCUT2D eigenvalue weighted by Crippen LogP contribution is -2.12. The lowest BCUT2D eigenvalue weighted by Gasteiger charge is -2.27. The van der Waals surface area contributed by atoms with Gasteiger partial charge in [0.15, 0.2) is 0 Å². The number of hydrogen-bond acceptors (Lipinski definition) is 2. The molecule has 1 aliphatic heterocycles. The van der Waals surface area contributed by atoms with Crippen LogP contribution in [0, 0.1) is 0 Å². The largest absolute Gasteiger partial charge is 0.341 e. The summed E-state index contributed by atoms with van der Waals surface area (Å²) in [5.74, 6) is 0. The van der Waals surface area contributed by atoms with Crippen molar-refractivity contribution < 1.29 is 0 Å². The number of benzene rings is 7. The first-order chi connectivity index (χ1) is 21.8. The highest BCUT2D eigenvalue weighted by atomic mass is 15.2. The van der Waals surface area contributed by atoms with Crippen molar-refractivity contribution >= 4 is 39.2 Å². The van der Waals surface area contributed by atoms with Crippen LogP contribution in [0.3, 0.4) is 0 Å². The molecule has 0 radical (unpaired) electrons. The molecule has 0 saturated carbocycles. The average molecular weight is 565 g/mol. The van der Waals surface area contributed by atoms with Gasteiger partial charge in [0.2, 0.25) is 0 Å². The molecular formula is C42H32N2. The van der Waals surface area contributed by atoms with Gasteiger partial charge in [-0.3, -0.25) is 0 Å². The van der Waals surface area contributed by atoms with E-state index in [0.717, 1.165) is 24.3 Å². The quantitative estimate of drug-likeness (QED) is 0.198. The van der Waals surface area contributed by atoms with Crippen LogP contribution in [0.25, 0.3) is 33.0 Å². The molecule has 0 bridgehead atoms. The van der Waals surface area contributed by atoms with E-state index in [-0.39, 0.29) is 0 Å². The van der Waals surface area contributed by atoms with Crippen molar-refractivity contribution in [3.05, 3.63) is 175 Å². The molecule has 0 N–H and O–H groups in total. The molecule has 44 heavy (non-hydrogen) atoms. The Balaban J connectivity index is 1.14. The Kier molecular flexibility index (Phi) is 6.66. The summed E-state index contributed by atoms with van der Waals surface area (Å²) in [5.41, 5.74) is 12.3. The number of rotatable bonds is 6. The van der Waals surface area contributed by atoms with Gasteiger partial charge in [-0.1, -0.05) is 121 Å². The highest BCUT2D eigenvalue weighted by molar-refractivity contribution is 5.99. The van der Waals surface area contributed by atoms with Crippen molar-refractivity contribution in [3.63, 3.8) is 0 Å². The van der Waals surface area contributed by atoms with Crippen molar-refractivity contribution in [1.82, 2.24) is 0 Å². The normalized spacial score (nSPS) is 12.3. The number of hydrogen-bond donors (Lipinski definition) is 0. The maximum Gasteiger partial charge on any atom is 0.0540 e. The van der Waals surface area contributed by atoms with Crippen LogP contribution in [0.15, 0.2) is 170 Å². The Morgan fingerprint density at radius 3 is 1.68 bits per heavy atom. The van der Waals surface area contributed by atoms with E-state index < -0.39 is 0 Å². The lowest BCUT2D eigenvalue weighted by molar-refractivity contribution is 0.998. The first-order valence-electron chi connectivity index (χ1n) is 15.3. The van der Waals surface area contributed by atoms with Gasteiger partial charge < -0.3 is 9.80 Å². The molecule has 0 atom stereocenters. The minimum atomic E-state index is 1.03. The Labute approximate surface area is 259 Å². The molecule has 210 valence electrons. The standard InChI is InChI=1S/C42H32N2/c1-2-9-31(10-3-1)32-19-25-38(26-20-32)44(42-16-8-13-35-11-4-6-14-40(35)42)39-27-21-34(22-28-39)33-17-23-37(24-18-33)43-30-29-36-12-5-7-15-41(36)43/h1-28H,29-30H2. The minimum absolute atomic E-state index is 1.03. The Bertz CT molecular complexity index is 2040. The van der Waals surface area contributed by atoms with Gasteiger partial charge in [-0.15, -0.1) is 0 Å². The zero-order valence-corrected chi connectivity index (χ0v) is 24.5. The maximum atomic E-state index is 2.42. The monoisotopic (exact) mass is 564 g/mol. The van der Waals surface area contributed by atoms with Crippen LogP contribution in [0.5, 0.6) is 0 Å². The van der Waals surface area contributed by atoms with Gasteiger partial charge in [-0.25, -0.2) is 0 Å². The van der Waals surface area contributed by atoms with Crippen LogP contribution >= 0.6 is 0 Å². The van der Waals surface area contributed by atoms with Crippen molar-refractivity contribution in [1.29, 1.82) is 0 Å². The summed E-state index contributed by atoms with van der Waals surface area (Å²) in [6.45, 7) is 1.03. The molecule has 1 heterocycles. The van der Waals surface area contributed by atoms with E-state index in [4.69, 9.17) is 0 Å². The van der Waals surface area contributed by atoms with E-state index in [1.807, 2.05) is 0 Å². The fourth-order valence-electron chi connectivity index (χ4n) is 6.51. The second-order valence-electron chi connectivity index (χ2n) is 11.4. The third-order valence-electron chi connectivity index (χ3n) is 8.77. The molecule has 2 heteroatoms. The van der Waals surface area contributed by atoms with Crippen molar-refractivity contribution in [3.8, 4) is 22.3 Å². The average Bonchev–Trinajstić information content (AvgIpc) is 3.54. The third-order valence-corrected chi connectivity index (χ3v) is 8.77. The predicted octanol–water partition coefficient (Wildman–Crippen LogP) is 11.3. The summed E-state index contributed by atoms with van der Waals surface area (Å²) in [6, 6.07) is 61.3. The van der Waals surface area contributed by atoms with Gasteiger partial charge in [0, 0.05) is 34.7 Å². The zero-order valence-electron chi connectivity index (χ0n) is 24.5. The van der Waals surface area contributed by atoms with Crippen LogP contribution in [0.2, 0.25) is 0 Å². The molecular weight excluding hydrogens is 532 g/mol. The summed E-state index contributed by atoms with van der Waals surface area (Å²) < 4.78 is 0. The summed E-state index contributed by atoms with van der Waals surface area (Å²) in [7, 11) is 0. The molecule has 1 aliphatic rings. The van der Waals surface area contributed by atoms with Crippen LogP contribution in [0.1, 0.15) is 5.56 Å². The SMILES string of the molecule is c1ccc(-c2ccc(N(c3ccc(-c4ccc(N5CCc6ccccc65)cc4)cc3)c3cccc4ccccc34)cc2)cc1. The van der Waals surface area contributed by atoms with E-state index >= 15 is 0 Å². The molecule has 0 aromatic heterocycles. The second-order valence-corrected chi connectivity index (χ2v) is 11.4. The second kappa shape index (κ2) is 11.2. The van der Waals surface area contributed by atoms with Crippen molar-refractivity contribution in [2.45, 2.75) is 6.42 Å². The van der Waals surface area contributed by atoms with Gasteiger partial charge in [0.25, 0.3) is 0 Å². The molecule has 7 aromatic rings. The summed E-state index contributed by atoms with van der Waals surface area (Å²) in [5, 5.41) is 2.46. The molecule has 7 aromatic carbocycles. The summed E-state index contributed by atoms with van der Waals surface area (Å²) in [6.07, 6.45) is 1.10. The Morgan fingerprint density at radius 2 is 0.977 bits per heavy atom. The maximum absolute atomic E-state index is 2.42. The van der Waals surface area contributed by atoms with Crippen LogP contribution in [-0.2, 0) is 6.42 Å². The van der Waals surface area contributed by atoms with E-state index in [2.05, 4.69) is 180 Å². The topological polar surface area (TPSA) is 6.48 Å². The van der Waals surface area contributed by atoms with E-state index in [0.29, 0.717) is 0 Å². The highest BCUT2D eigenvalue weighted by Gasteiger charge is 2.20. The number of para-hydroxylation sites is 1. The molecule has 0 amide bonds. The lowest BCUT2D eigenvalue weighted by atomic mass is 10.0. The number of nitrogens with zero attached hydrogens (tertiary/aromatic N) is 2. The summed E-state index contributed by atoms with van der Waals surface area (Å²) in [4.78, 5) is 4.79. The minimum Gasteiger partial charge on any atom is -0.341 e. The molecule has 0 unspecified atom stereocenters. The first-order valence-corrected chi connectivity index (χ1v) is 15.3. The van der Waals surface area contributed by atoms with Gasteiger partial charge in [-0.05, 0) is 88.2 Å². The molecule has 0 saturated heterocycles. The summed E-state index contributed by atoms with van der Waals surface area (Å²) >= 11 is 0. The van der Waals surface area contributed by atoms with Crippen molar-refractivity contribution in [2.24, 2.45) is 0 Å². The van der Waals surface area contributed by atoms with Crippen LogP contribution in [0.4, 0.5) is 28.4 Å². The van der Waals surface area contributed by atoms with E-state index in [1.54, 1.807) is 0 Å². The zero-order chi connectivity index (χ0) is 29.3. The third kappa shape index (κ3) is 4.81. The highest BCUT2D eigenvalue weighted by Crippen LogP contribution is 2.40. The van der Waals surface area contributed by atoms with Crippen molar-refractivity contribution in [2.75, 3.05) is 16.3 Å². The molecule has 0 aliphatic carbocycles. The fraction of sp³-hybridized carbons (Fsp3) is 0.0476. The van der Waals surface area contributed by atoms with Crippen LogP contribution in [-0.4, -0.2) is 6.54 Å². The fourth-order valence-corrected chi connectivity index (χ4v) is 6.51. The van der Waals surface area contributed by atoms with E-state index in [1.165, 1.54) is 55.7 Å². The van der Waals surface area contributed by atoms with Gasteiger partial charge in [-0.2, -0.15) is 0 Å². The molecule has 0 fully saturated rings. The molecule has 0 spiro atoms. The van der Waals surface area contributed by atoms with Gasteiger partial charge in [0.1, 0.15) is 0 Å². The van der Waals surface area contributed by atoms with Gasteiger partial charge in [0.05, 0.1) is 5.69 Å². The number of fused-ring (bicyclic) bond motifs is 2. The smallest absolute Gasteiger partial charge is 0.0540 e. The van der Waals surface area contributed by atoms with Crippen LogP contribution < -0.4 is 9.80 Å². The first kappa shape index (κ1) is 26.1. The Hall–Kier alpha value is -5.60. The number of anilines is 5. The predicted molar refractivity (Wildman–Crippen MR) is 187 cm³/mol.